The first-order valence-electron chi connectivity index (χ1n) is 8.50. The molecule has 1 saturated carbocycles. The molecule has 1 unspecified atom stereocenters. The normalized spacial score (nSPS) is 21.8. The van der Waals surface area contributed by atoms with Crippen LogP contribution in [0.25, 0.3) is 0 Å². The van der Waals surface area contributed by atoms with Crippen LogP contribution in [0, 0.1) is 0 Å². The third-order valence-electron chi connectivity index (χ3n) is 4.91. The fourth-order valence-corrected chi connectivity index (χ4v) is 3.70. The van der Waals surface area contributed by atoms with Crippen LogP contribution in [0.3, 0.4) is 0 Å². The predicted octanol–water partition coefficient (Wildman–Crippen LogP) is 3.70. The number of urea groups is 1. The van der Waals surface area contributed by atoms with Crippen LogP contribution in [0.15, 0.2) is 18.2 Å². The van der Waals surface area contributed by atoms with E-state index in [1.807, 2.05) is 6.07 Å². The molecule has 2 amide bonds. The minimum Gasteiger partial charge on any atom is -0.497 e. The summed E-state index contributed by atoms with van der Waals surface area (Å²) in [4.78, 5) is 12.3. The zero-order valence-electron chi connectivity index (χ0n) is 13.4. The Labute approximate surface area is 132 Å². The van der Waals surface area contributed by atoms with E-state index in [-0.39, 0.29) is 12.1 Å². The van der Waals surface area contributed by atoms with Gasteiger partial charge in [0.05, 0.1) is 13.2 Å². The summed E-state index contributed by atoms with van der Waals surface area (Å²) < 4.78 is 5.30. The number of ether oxygens (including phenoxy) is 1. The van der Waals surface area contributed by atoms with Gasteiger partial charge in [-0.2, -0.15) is 0 Å². The largest absolute Gasteiger partial charge is 0.497 e. The number of carbonyl (C=O) groups is 1. The lowest BCUT2D eigenvalue weighted by atomic mass is 9.87. The third-order valence-corrected chi connectivity index (χ3v) is 4.91. The Morgan fingerprint density at radius 2 is 1.91 bits per heavy atom. The maximum atomic E-state index is 12.3. The van der Waals surface area contributed by atoms with Crippen molar-refractivity contribution in [2.75, 3.05) is 7.11 Å². The molecule has 120 valence electrons. The van der Waals surface area contributed by atoms with Crippen LogP contribution < -0.4 is 15.4 Å². The topological polar surface area (TPSA) is 50.4 Å². The summed E-state index contributed by atoms with van der Waals surface area (Å²) in [5, 5.41) is 6.31. The van der Waals surface area contributed by atoms with E-state index in [9.17, 15) is 4.79 Å². The van der Waals surface area contributed by atoms with Gasteiger partial charge in [0.1, 0.15) is 5.75 Å². The van der Waals surface area contributed by atoms with E-state index in [0.29, 0.717) is 6.04 Å². The summed E-state index contributed by atoms with van der Waals surface area (Å²) in [6, 6.07) is 6.64. The molecule has 0 aliphatic heterocycles. The Morgan fingerprint density at radius 3 is 2.68 bits per heavy atom. The minimum atomic E-state index is -0.0134. The zero-order chi connectivity index (χ0) is 15.4. The number of methoxy groups -OCH3 is 1. The number of carbonyl (C=O) groups excluding carboxylic acids is 1. The molecule has 0 heterocycles. The third kappa shape index (κ3) is 3.54. The number of fused-ring (bicyclic) bond motifs is 1. The Kier molecular flexibility index (Phi) is 4.86. The van der Waals surface area contributed by atoms with Gasteiger partial charge in [0, 0.05) is 6.04 Å². The Hall–Kier alpha value is -1.71. The van der Waals surface area contributed by atoms with Gasteiger partial charge < -0.3 is 15.4 Å². The molecule has 1 atom stereocenters. The quantitative estimate of drug-likeness (QED) is 0.894. The molecule has 0 saturated heterocycles. The molecule has 3 rings (SSSR count). The highest BCUT2D eigenvalue weighted by Crippen LogP contribution is 2.32. The van der Waals surface area contributed by atoms with Crippen LogP contribution in [0.5, 0.6) is 5.75 Å². The van der Waals surface area contributed by atoms with E-state index in [0.717, 1.165) is 37.9 Å². The van der Waals surface area contributed by atoms with Crippen LogP contribution >= 0.6 is 0 Å². The SMILES string of the molecule is COc1ccc2c(c1)CCCC2NC(=O)NC1CCCCC1. The Bertz CT molecular complexity index is 524. The second kappa shape index (κ2) is 7.03. The summed E-state index contributed by atoms with van der Waals surface area (Å²) in [6.07, 6.45) is 9.18. The molecular formula is C18H26N2O2. The van der Waals surface area contributed by atoms with Gasteiger partial charge in [0.15, 0.2) is 0 Å². The molecule has 1 aromatic carbocycles. The van der Waals surface area contributed by atoms with E-state index in [4.69, 9.17) is 4.74 Å². The highest BCUT2D eigenvalue weighted by atomic mass is 16.5. The lowest BCUT2D eigenvalue weighted by molar-refractivity contribution is 0.227. The second-order valence-electron chi connectivity index (χ2n) is 6.46. The van der Waals surface area contributed by atoms with Crippen LogP contribution in [0.1, 0.15) is 62.1 Å². The molecule has 1 aromatic rings. The number of rotatable bonds is 3. The van der Waals surface area contributed by atoms with Crippen molar-refractivity contribution in [3.8, 4) is 5.75 Å². The highest BCUT2D eigenvalue weighted by molar-refractivity contribution is 5.75. The standard InChI is InChI=1S/C18H26N2O2/c1-22-15-10-11-16-13(12-15)6-5-9-17(16)20-18(21)19-14-7-3-2-4-8-14/h10-12,14,17H,2-9H2,1H3,(H2,19,20,21). The zero-order valence-corrected chi connectivity index (χ0v) is 13.4. The molecule has 4 heteroatoms. The van der Waals surface area contributed by atoms with Crippen LogP contribution in [0.4, 0.5) is 4.79 Å². The van der Waals surface area contributed by atoms with Crippen molar-refractivity contribution >= 4 is 6.03 Å². The van der Waals surface area contributed by atoms with E-state index >= 15 is 0 Å². The molecule has 0 radical (unpaired) electrons. The van der Waals surface area contributed by atoms with Gasteiger partial charge in [-0.25, -0.2) is 4.79 Å². The first-order valence-corrected chi connectivity index (χ1v) is 8.50. The van der Waals surface area contributed by atoms with Gasteiger partial charge >= 0.3 is 6.03 Å². The van der Waals surface area contributed by atoms with Crippen molar-refractivity contribution in [3.63, 3.8) is 0 Å². The molecule has 22 heavy (non-hydrogen) atoms. The number of amides is 2. The average molecular weight is 302 g/mol. The van der Waals surface area contributed by atoms with Crippen LogP contribution in [0.2, 0.25) is 0 Å². The summed E-state index contributed by atoms with van der Waals surface area (Å²) in [5.41, 5.74) is 2.54. The van der Waals surface area contributed by atoms with E-state index in [1.165, 1.54) is 30.4 Å². The monoisotopic (exact) mass is 302 g/mol. The number of hydrogen-bond donors (Lipinski definition) is 2. The molecule has 0 bridgehead atoms. The fourth-order valence-electron chi connectivity index (χ4n) is 3.70. The predicted molar refractivity (Wildman–Crippen MR) is 87.2 cm³/mol. The first-order chi connectivity index (χ1) is 10.8. The number of hydrogen-bond acceptors (Lipinski definition) is 2. The summed E-state index contributed by atoms with van der Waals surface area (Å²) in [5.74, 6) is 0.894. The number of benzene rings is 1. The molecule has 0 aromatic heterocycles. The van der Waals surface area contributed by atoms with E-state index in [1.54, 1.807) is 7.11 Å². The number of nitrogens with one attached hydrogen (secondary N) is 2. The molecule has 4 nitrogen and oxygen atoms in total. The van der Waals surface area contributed by atoms with Crippen LogP contribution in [-0.2, 0) is 6.42 Å². The van der Waals surface area contributed by atoms with Crippen molar-refractivity contribution in [1.82, 2.24) is 10.6 Å². The van der Waals surface area contributed by atoms with Crippen LogP contribution in [-0.4, -0.2) is 19.2 Å². The molecule has 2 N–H and O–H groups in total. The van der Waals surface area contributed by atoms with Gasteiger partial charge in [-0.1, -0.05) is 25.3 Å². The second-order valence-corrected chi connectivity index (χ2v) is 6.46. The molecular weight excluding hydrogens is 276 g/mol. The van der Waals surface area contributed by atoms with Gasteiger partial charge in [-0.05, 0) is 55.4 Å². The van der Waals surface area contributed by atoms with E-state index in [2.05, 4.69) is 22.8 Å². The van der Waals surface area contributed by atoms with Crippen molar-refractivity contribution in [2.24, 2.45) is 0 Å². The lowest BCUT2D eigenvalue weighted by Gasteiger charge is -2.29. The number of aryl methyl sites for hydroxylation is 1. The summed E-state index contributed by atoms with van der Waals surface area (Å²) >= 11 is 0. The first kappa shape index (κ1) is 15.2. The molecule has 2 aliphatic carbocycles. The van der Waals surface area contributed by atoms with Crippen molar-refractivity contribution in [1.29, 1.82) is 0 Å². The Balaban J connectivity index is 1.62. The Morgan fingerprint density at radius 1 is 1.09 bits per heavy atom. The van der Waals surface area contributed by atoms with Crippen molar-refractivity contribution in [3.05, 3.63) is 29.3 Å². The summed E-state index contributed by atoms with van der Waals surface area (Å²) in [6.45, 7) is 0. The van der Waals surface area contributed by atoms with E-state index < -0.39 is 0 Å². The van der Waals surface area contributed by atoms with Crippen molar-refractivity contribution < 1.29 is 9.53 Å². The summed E-state index contributed by atoms with van der Waals surface area (Å²) in [7, 11) is 1.69. The molecule has 0 spiro atoms. The maximum Gasteiger partial charge on any atom is 0.315 e. The highest BCUT2D eigenvalue weighted by Gasteiger charge is 2.23. The van der Waals surface area contributed by atoms with Gasteiger partial charge in [0.2, 0.25) is 0 Å². The molecule has 1 fully saturated rings. The minimum absolute atomic E-state index is 0.0134. The van der Waals surface area contributed by atoms with Gasteiger partial charge in [-0.3, -0.25) is 0 Å². The average Bonchev–Trinajstić information content (AvgIpc) is 2.55. The van der Waals surface area contributed by atoms with Crippen molar-refractivity contribution in [2.45, 2.75) is 63.5 Å². The smallest absolute Gasteiger partial charge is 0.315 e. The van der Waals surface area contributed by atoms with Gasteiger partial charge in [0.25, 0.3) is 0 Å². The lowest BCUT2D eigenvalue weighted by Crippen LogP contribution is -2.44. The molecule has 2 aliphatic rings. The fraction of sp³-hybridized carbons (Fsp3) is 0.611. The van der Waals surface area contributed by atoms with Gasteiger partial charge in [-0.15, -0.1) is 0 Å². The maximum absolute atomic E-state index is 12.3.